The number of Topliss-reactive ketones (excluding diaryl/α,β-unsaturated/α-hetero) is 2. The lowest BCUT2D eigenvalue weighted by Gasteiger charge is -2.44. The average Bonchev–Trinajstić information content (AvgIpc) is 2.70. The minimum atomic E-state index is -0.891. The van der Waals surface area contributed by atoms with E-state index < -0.39 is 17.1 Å². The molecule has 1 aromatic carbocycles. The molecule has 0 fully saturated rings. The summed E-state index contributed by atoms with van der Waals surface area (Å²) in [5.74, 6) is -1.84. The summed E-state index contributed by atoms with van der Waals surface area (Å²) in [4.78, 5) is 39.4. The number of benzene rings is 1. The van der Waals surface area contributed by atoms with Crippen LogP contribution >= 0.6 is 0 Å². The number of hydrogen-bond donors (Lipinski definition) is 0. The maximum atomic E-state index is 14.0. The molecule has 0 radical (unpaired) electrons. The number of ether oxygens (including phenoxy) is 1. The van der Waals surface area contributed by atoms with Crippen molar-refractivity contribution in [1.82, 2.24) is 0 Å². The van der Waals surface area contributed by atoms with E-state index in [9.17, 15) is 19.5 Å². The Morgan fingerprint density at radius 3 is 2.52 bits per heavy atom. The fraction of sp³-hybridized carbons (Fsp3) is 0.500. The van der Waals surface area contributed by atoms with Gasteiger partial charge in [0.2, 0.25) is 0 Å². The summed E-state index contributed by atoms with van der Waals surface area (Å²) in [5, 5.41) is 12.9. The van der Waals surface area contributed by atoms with Gasteiger partial charge in [-0.25, -0.2) is 0 Å². The third kappa shape index (κ3) is 3.64. The molecule has 0 aromatic heterocycles. The van der Waals surface area contributed by atoms with Crippen LogP contribution in [0.4, 0.5) is 0 Å². The first kappa shape index (κ1) is 23.0. The Hall–Kier alpha value is -2.69. The van der Waals surface area contributed by atoms with Crippen molar-refractivity contribution in [3.63, 3.8) is 0 Å². The average molecular weight is 424 g/mol. The van der Waals surface area contributed by atoms with Crippen molar-refractivity contribution in [3.8, 4) is 11.5 Å². The van der Waals surface area contributed by atoms with Gasteiger partial charge in [-0.15, -0.1) is 0 Å². The van der Waals surface area contributed by atoms with E-state index >= 15 is 0 Å². The summed E-state index contributed by atoms with van der Waals surface area (Å²) in [7, 11) is 1.36. The van der Waals surface area contributed by atoms with Gasteiger partial charge in [0, 0.05) is 33.6 Å². The van der Waals surface area contributed by atoms with E-state index in [-0.39, 0.29) is 39.9 Å². The molecular formula is C26H31O5-. The van der Waals surface area contributed by atoms with Gasteiger partial charge in [-0.3, -0.25) is 14.4 Å². The summed E-state index contributed by atoms with van der Waals surface area (Å²) in [6.45, 7) is 9.69. The fourth-order valence-electron chi connectivity index (χ4n) is 5.14. The molecule has 5 nitrogen and oxygen atoms in total. The van der Waals surface area contributed by atoms with Gasteiger partial charge < -0.3 is 9.84 Å². The zero-order chi connectivity index (χ0) is 23.1. The van der Waals surface area contributed by atoms with Crippen molar-refractivity contribution < 1.29 is 24.2 Å². The van der Waals surface area contributed by atoms with Crippen LogP contribution in [0.3, 0.4) is 0 Å². The number of methoxy groups -OCH3 is 1. The Balaban J connectivity index is 2.18. The zero-order valence-corrected chi connectivity index (χ0v) is 19.3. The van der Waals surface area contributed by atoms with Gasteiger partial charge in [-0.1, -0.05) is 49.8 Å². The van der Waals surface area contributed by atoms with Gasteiger partial charge >= 0.3 is 0 Å². The highest BCUT2D eigenvalue weighted by atomic mass is 16.5. The second-order valence-corrected chi connectivity index (χ2v) is 9.47. The number of rotatable bonds is 6. The lowest BCUT2D eigenvalue weighted by molar-refractivity contribution is -0.270. The van der Waals surface area contributed by atoms with Gasteiger partial charge in [0.25, 0.3) is 0 Å². The molecule has 0 spiro atoms. The van der Waals surface area contributed by atoms with E-state index in [2.05, 4.69) is 26.0 Å². The van der Waals surface area contributed by atoms with Crippen molar-refractivity contribution in [1.29, 1.82) is 0 Å². The van der Waals surface area contributed by atoms with Crippen molar-refractivity contribution >= 4 is 17.9 Å². The predicted octanol–water partition coefficient (Wildman–Crippen LogP) is 5.17. The largest absolute Gasteiger partial charge is 0.869 e. The monoisotopic (exact) mass is 423 g/mol. The Bertz CT molecular complexity index is 1010. The van der Waals surface area contributed by atoms with Crippen molar-refractivity contribution in [3.05, 3.63) is 45.6 Å². The van der Waals surface area contributed by atoms with Crippen molar-refractivity contribution in [2.45, 2.75) is 66.2 Å². The van der Waals surface area contributed by atoms with Gasteiger partial charge in [0.1, 0.15) is 12.0 Å². The quantitative estimate of drug-likeness (QED) is 0.465. The molecule has 5 heteroatoms. The van der Waals surface area contributed by atoms with E-state index in [0.717, 1.165) is 12.8 Å². The first-order chi connectivity index (χ1) is 14.6. The Kier molecular flexibility index (Phi) is 6.26. The third-order valence-electron chi connectivity index (χ3n) is 6.72. The number of ketones is 2. The van der Waals surface area contributed by atoms with Crippen LogP contribution in [0.5, 0.6) is 11.5 Å². The summed E-state index contributed by atoms with van der Waals surface area (Å²) in [6, 6.07) is 0. The fourth-order valence-corrected chi connectivity index (χ4v) is 5.14. The van der Waals surface area contributed by atoms with E-state index in [4.69, 9.17) is 4.74 Å². The number of hydrogen-bond acceptors (Lipinski definition) is 5. The molecule has 0 bridgehead atoms. The Morgan fingerprint density at radius 1 is 1.29 bits per heavy atom. The molecule has 2 aliphatic rings. The molecule has 166 valence electrons. The molecule has 1 aromatic rings. The zero-order valence-electron chi connectivity index (χ0n) is 19.3. The molecule has 0 heterocycles. The second kappa shape index (κ2) is 8.45. The summed E-state index contributed by atoms with van der Waals surface area (Å²) >= 11 is 0. The van der Waals surface area contributed by atoms with Crippen LogP contribution in [0, 0.1) is 11.3 Å². The molecule has 0 saturated carbocycles. The van der Waals surface area contributed by atoms with Crippen molar-refractivity contribution in [2.24, 2.45) is 11.3 Å². The van der Waals surface area contributed by atoms with Crippen LogP contribution in [0.2, 0.25) is 0 Å². The standard InChI is InChI=1S/C26H32O5/c1-14(2)8-7-9-16-10-11-18-23(29)20-17(13-27)22(28)24(31-6)19(15(3)4)21(20)25(30)26(18,5)12-16/h8,10,13,15,18,28H,7,9,11-12H2,1-6H3/p-1. The first-order valence-electron chi connectivity index (χ1n) is 10.9. The van der Waals surface area contributed by atoms with Crippen LogP contribution < -0.4 is 9.84 Å². The molecule has 31 heavy (non-hydrogen) atoms. The Morgan fingerprint density at radius 2 is 1.97 bits per heavy atom. The van der Waals surface area contributed by atoms with Crippen LogP contribution in [-0.4, -0.2) is 25.0 Å². The van der Waals surface area contributed by atoms with Gasteiger partial charge in [0.05, 0.1) is 7.11 Å². The highest BCUT2D eigenvalue weighted by Crippen LogP contribution is 2.53. The van der Waals surface area contributed by atoms with Crippen LogP contribution in [0.15, 0.2) is 23.3 Å². The molecule has 2 unspecified atom stereocenters. The normalized spacial score (nSPS) is 22.5. The SMILES string of the molecule is COc1c([O-])c(C=O)c2c(c1C(C)C)C(=O)C1(C)CC(CCC=C(C)C)=CCC1C2=O. The lowest BCUT2D eigenvalue weighted by Crippen LogP contribution is -2.48. The highest BCUT2D eigenvalue weighted by Gasteiger charge is 2.53. The molecule has 0 amide bonds. The number of allylic oxidation sites excluding steroid dienone is 4. The molecule has 3 rings (SSSR count). The summed E-state index contributed by atoms with van der Waals surface area (Å²) in [6.07, 6.45) is 7.33. The Labute approximate surface area is 184 Å². The van der Waals surface area contributed by atoms with Crippen LogP contribution in [-0.2, 0) is 0 Å². The number of fused-ring (bicyclic) bond motifs is 2. The van der Waals surface area contributed by atoms with E-state index in [1.165, 1.54) is 18.3 Å². The van der Waals surface area contributed by atoms with Gasteiger partial charge in [-0.05, 0) is 45.4 Å². The lowest BCUT2D eigenvalue weighted by atomic mass is 9.56. The van der Waals surface area contributed by atoms with E-state index in [1.54, 1.807) is 0 Å². The number of aldehydes is 1. The van der Waals surface area contributed by atoms with Crippen LogP contribution in [0.1, 0.15) is 103 Å². The van der Waals surface area contributed by atoms with Gasteiger partial charge in [-0.2, -0.15) is 0 Å². The topological polar surface area (TPSA) is 83.5 Å². The van der Waals surface area contributed by atoms with Gasteiger partial charge in [0.15, 0.2) is 11.6 Å². The molecule has 0 N–H and O–H groups in total. The molecule has 0 aliphatic heterocycles. The molecule has 0 saturated heterocycles. The minimum absolute atomic E-state index is 0.00151. The van der Waals surface area contributed by atoms with E-state index in [1.807, 2.05) is 20.8 Å². The summed E-state index contributed by atoms with van der Waals surface area (Å²) in [5.41, 5.74) is 1.93. The highest BCUT2D eigenvalue weighted by molar-refractivity contribution is 6.22. The number of carbonyl (C=O) groups is 3. The smallest absolute Gasteiger partial charge is 0.170 e. The third-order valence-corrected chi connectivity index (χ3v) is 6.72. The minimum Gasteiger partial charge on any atom is -0.869 e. The number of carbonyl (C=O) groups excluding carboxylic acids is 3. The van der Waals surface area contributed by atoms with E-state index in [0.29, 0.717) is 24.7 Å². The van der Waals surface area contributed by atoms with Crippen LogP contribution in [0.25, 0.3) is 0 Å². The maximum absolute atomic E-state index is 14.0. The molecule has 2 aliphatic carbocycles. The maximum Gasteiger partial charge on any atom is 0.170 e. The molecular weight excluding hydrogens is 392 g/mol. The van der Waals surface area contributed by atoms with Crippen molar-refractivity contribution in [2.75, 3.05) is 7.11 Å². The second-order valence-electron chi connectivity index (χ2n) is 9.47. The first-order valence-corrected chi connectivity index (χ1v) is 10.9. The summed E-state index contributed by atoms with van der Waals surface area (Å²) < 4.78 is 5.34. The predicted molar refractivity (Wildman–Crippen MR) is 118 cm³/mol. The molecule has 2 atom stereocenters.